The second-order valence-corrected chi connectivity index (χ2v) is 9.11. The number of halogens is 3. The fourth-order valence-corrected chi connectivity index (χ4v) is 4.97. The zero-order valence-corrected chi connectivity index (χ0v) is 19.1. The summed E-state index contributed by atoms with van der Waals surface area (Å²) >= 11 is 0. The third kappa shape index (κ3) is 4.39. The third-order valence-electron chi connectivity index (χ3n) is 7.06. The van der Waals surface area contributed by atoms with Gasteiger partial charge in [0.25, 0.3) is 11.5 Å². The number of nitrogens with one attached hydrogen (secondary N) is 1. The Labute approximate surface area is 189 Å². The maximum atomic E-state index is 13.1. The predicted octanol–water partition coefficient (Wildman–Crippen LogP) is 5.29. The van der Waals surface area contributed by atoms with Gasteiger partial charge in [0.1, 0.15) is 5.69 Å². The van der Waals surface area contributed by atoms with Gasteiger partial charge in [-0.3, -0.25) is 14.3 Å². The van der Waals surface area contributed by atoms with Gasteiger partial charge >= 0.3 is 6.18 Å². The van der Waals surface area contributed by atoms with Crippen LogP contribution in [0.5, 0.6) is 0 Å². The molecule has 2 heterocycles. The van der Waals surface area contributed by atoms with Gasteiger partial charge in [-0.05, 0) is 51.5 Å². The summed E-state index contributed by atoms with van der Waals surface area (Å²) in [4.78, 5) is 26.1. The minimum Gasteiger partial charge on any atom is -0.356 e. The van der Waals surface area contributed by atoms with Gasteiger partial charge in [-0.1, -0.05) is 30.5 Å². The molecule has 0 aliphatic heterocycles. The predicted molar refractivity (Wildman–Crippen MR) is 117 cm³/mol. The lowest BCUT2D eigenvalue weighted by Gasteiger charge is -2.24. The van der Waals surface area contributed by atoms with Gasteiger partial charge in [-0.25, -0.2) is 4.68 Å². The first-order chi connectivity index (χ1) is 15.6. The van der Waals surface area contributed by atoms with Crippen molar-refractivity contribution >= 4 is 17.2 Å². The van der Waals surface area contributed by atoms with Crippen LogP contribution in [0.4, 0.5) is 18.9 Å². The van der Waals surface area contributed by atoms with Crippen molar-refractivity contribution in [2.75, 3.05) is 5.32 Å². The average molecular weight is 467 g/mol. The molecular weight excluding hydrogens is 437 g/mol. The first-order valence-corrected chi connectivity index (χ1v) is 11.4. The SMILES string of the molecule is Cc1c(C(=O)Nc2c(C)n(C)n(C3CCCCC3)c2=O)noc1C1=CCC(C(F)(F)F)CC1. The van der Waals surface area contributed by atoms with E-state index in [0.29, 0.717) is 22.6 Å². The van der Waals surface area contributed by atoms with Gasteiger partial charge in [-0.15, -0.1) is 0 Å². The van der Waals surface area contributed by atoms with E-state index < -0.39 is 18.0 Å². The molecule has 0 radical (unpaired) electrons. The molecule has 1 unspecified atom stereocenters. The van der Waals surface area contributed by atoms with Crippen molar-refractivity contribution < 1.29 is 22.5 Å². The molecule has 180 valence electrons. The summed E-state index contributed by atoms with van der Waals surface area (Å²) < 4.78 is 47.7. The molecule has 0 aromatic carbocycles. The van der Waals surface area contributed by atoms with Crippen molar-refractivity contribution in [3.63, 3.8) is 0 Å². The molecule has 1 saturated carbocycles. The molecule has 2 aliphatic rings. The first-order valence-electron chi connectivity index (χ1n) is 11.4. The molecule has 2 aromatic rings. The molecule has 10 heteroatoms. The van der Waals surface area contributed by atoms with E-state index in [1.807, 2.05) is 7.05 Å². The molecule has 4 rings (SSSR count). The Hall–Kier alpha value is -2.78. The standard InChI is InChI=1S/C23H29F3N4O3/c1-13-18(28-33-20(13)15-9-11-16(12-10-15)23(24,25)26)21(31)27-19-14(2)29(3)30(22(19)32)17-7-5-4-6-8-17/h9,16-17H,4-8,10-12H2,1-3H3,(H,27,31). The molecular formula is C23H29F3N4O3. The van der Waals surface area contributed by atoms with Crippen LogP contribution in [0.25, 0.3) is 5.57 Å². The normalized spacial score (nSPS) is 20.1. The summed E-state index contributed by atoms with van der Waals surface area (Å²) in [6.07, 6.45) is 2.52. The van der Waals surface area contributed by atoms with E-state index in [4.69, 9.17) is 4.52 Å². The lowest BCUT2D eigenvalue weighted by Crippen LogP contribution is -2.29. The molecule has 33 heavy (non-hydrogen) atoms. The summed E-state index contributed by atoms with van der Waals surface area (Å²) in [6, 6.07) is 0.111. The van der Waals surface area contributed by atoms with E-state index in [1.165, 1.54) is 12.5 Å². The van der Waals surface area contributed by atoms with Crippen LogP contribution in [0.1, 0.15) is 84.9 Å². The minimum atomic E-state index is -4.22. The Bertz CT molecular complexity index is 1130. The molecule has 0 bridgehead atoms. The Morgan fingerprint density at radius 1 is 1.18 bits per heavy atom. The monoisotopic (exact) mass is 466 g/mol. The maximum absolute atomic E-state index is 13.1. The van der Waals surface area contributed by atoms with Gasteiger partial charge in [-0.2, -0.15) is 13.2 Å². The molecule has 1 N–H and O–H groups in total. The second kappa shape index (κ2) is 8.87. The lowest BCUT2D eigenvalue weighted by molar-refractivity contribution is -0.175. The van der Waals surface area contributed by atoms with E-state index in [0.717, 1.165) is 25.7 Å². The molecule has 2 aromatic heterocycles. The lowest BCUT2D eigenvalue weighted by atomic mass is 9.87. The fraction of sp³-hybridized carbons (Fsp3) is 0.609. The Kier molecular flexibility index (Phi) is 6.28. The van der Waals surface area contributed by atoms with Crippen LogP contribution in [-0.4, -0.2) is 26.6 Å². The topological polar surface area (TPSA) is 82.1 Å². The van der Waals surface area contributed by atoms with Crippen LogP contribution in [0, 0.1) is 19.8 Å². The van der Waals surface area contributed by atoms with Crippen LogP contribution in [0.2, 0.25) is 0 Å². The van der Waals surface area contributed by atoms with Gasteiger partial charge in [0.2, 0.25) is 0 Å². The summed E-state index contributed by atoms with van der Waals surface area (Å²) in [5, 5.41) is 6.56. The van der Waals surface area contributed by atoms with Crippen molar-refractivity contribution in [2.24, 2.45) is 13.0 Å². The number of anilines is 1. The summed E-state index contributed by atoms with van der Waals surface area (Å²) in [5.41, 5.74) is 1.71. The highest BCUT2D eigenvalue weighted by molar-refractivity contribution is 6.04. The smallest absolute Gasteiger partial charge is 0.356 e. The Balaban J connectivity index is 1.55. The van der Waals surface area contributed by atoms with Gasteiger partial charge in [0.15, 0.2) is 11.5 Å². The first kappa shape index (κ1) is 23.4. The Morgan fingerprint density at radius 2 is 1.88 bits per heavy atom. The van der Waals surface area contributed by atoms with Crippen molar-refractivity contribution in [2.45, 2.75) is 77.4 Å². The van der Waals surface area contributed by atoms with E-state index >= 15 is 0 Å². The largest absolute Gasteiger partial charge is 0.392 e. The van der Waals surface area contributed by atoms with Crippen molar-refractivity contribution in [1.82, 2.24) is 14.5 Å². The second-order valence-electron chi connectivity index (χ2n) is 9.11. The molecule has 0 saturated heterocycles. The zero-order chi connectivity index (χ0) is 23.9. The van der Waals surface area contributed by atoms with Crippen LogP contribution in [-0.2, 0) is 7.05 Å². The summed E-state index contributed by atoms with van der Waals surface area (Å²) in [6.45, 7) is 3.43. The number of allylic oxidation sites excluding steroid dienone is 2. The van der Waals surface area contributed by atoms with Crippen molar-refractivity contribution in [3.8, 4) is 0 Å². The van der Waals surface area contributed by atoms with E-state index in [9.17, 15) is 22.8 Å². The fourth-order valence-electron chi connectivity index (χ4n) is 4.97. The number of alkyl halides is 3. The van der Waals surface area contributed by atoms with Gasteiger partial charge < -0.3 is 9.84 Å². The van der Waals surface area contributed by atoms with Crippen molar-refractivity contribution in [3.05, 3.63) is 39.1 Å². The van der Waals surface area contributed by atoms with Crippen molar-refractivity contribution in [1.29, 1.82) is 0 Å². The number of hydrogen-bond donors (Lipinski definition) is 1. The average Bonchev–Trinajstić information content (AvgIpc) is 3.26. The number of aromatic nitrogens is 3. The molecule has 1 atom stereocenters. The molecule has 2 aliphatic carbocycles. The number of nitrogens with zero attached hydrogens (tertiary/aromatic N) is 3. The Morgan fingerprint density at radius 3 is 2.48 bits per heavy atom. The molecule has 1 amide bonds. The molecule has 1 fully saturated rings. The molecule has 7 nitrogen and oxygen atoms in total. The molecule has 0 spiro atoms. The van der Waals surface area contributed by atoms with E-state index in [1.54, 1.807) is 23.2 Å². The van der Waals surface area contributed by atoms with E-state index in [-0.39, 0.29) is 42.2 Å². The van der Waals surface area contributed by atoms with Crippen LogP contribution < -0.4 is 10.9 Å². The summed E-state index contributed by atoms with van der Waals surface area (Å²) in [7, 11) is 1.81. The quantitative estimate of drug-likeness (QED) is 0.663. The number of carbonyl (C=O) groups is 1. The highest BCUT2D eigenvalue weighted by Gasteiger charge is 2.40. The summed E-state index contributed by atoms with van der Waals surface area (Å²) in [5.74, 6) is -1.61. The highest BCUT2D eigenvalue weighted by atomic mass is 19.4. The minimum absolute atomic E-state index is 0.0238. The number of carbonyl (C=O) groups excluding carboxylic acids is 1. The number of amides is 1. The van der Waals surface area contributed by atoms with Crippen LogP contribution in [0.3, 0.4) is 0 Å². The van der Waals surface area contributed by atoms with Gasteiger partial charge in [0.05, 0.1) is 17.7 Å². The maximum Gasteiger partial charge on any atom is 0.392 e. The van der Waals surface area contributed by atoms with Gasteiger partial charge in [0, 0.05) is 12.6 Å². The van der Waals surface area contributed by atoms with Crippen LogP contribution >= 0.6 is 0 Å². The number of hydrogen-bond acceptors (Lipinski definition) is 4. The van der Waals surface area contributed by atoms with Crippen LogP contribution in [0.15, 0.2) is 15.4 Å². The number of rotatable bonds is 4. The zero-order valence-electron chi connectivity index (χ0n) is 19.1. The third-order valence-corrected chi connectivity index (χ3v) is 7.06. The highest BCUT2D eigenvalue weighted by Crippen LogP contribution is 2.40. The van der Waals surface area contributed by atoms with E-state index in [2.05, 4.69) is 10.5 Å².